The lowest BCUT2D eigenvalue weighted by Crippen LogP contribution is -2.43. The molecule has 1 saturated heterocycles. The van der Waals surface area contributed by atoms with Gasteiger partial charge in [0.05, 0.1) is 24.8 Å². The van der Waals surface area contributed by atoms with Crippen LogP contribution in [-0.2, 0) is 16.1 Å². The third-order valence-corrected chi connectivity index (χ3v) is 5.37. The minimum Gasteiger partial charge on any atom is -0.383 e. The molecule has 6 heteroatoms. The van der Waals surface area contributed by atoms with Gasteiger partial charge in [-0.2, -0.15) is 0 Å². The Morgan fingerprint density at radius 1 is 1.40 bits per heavy atom. The maximum absolute atomic E-state index is 12.5. The molecule has 0 spiro atoms. The molecule has 5 nitrogen and oxygen atoms in total. The summed E-state index contributed by atoms with van der Waals surface area (Å²) in [5.41, 5.74) is 2.08. The summed E-state index contributed by atoms with van der Waals surface area (Å²) in [7, 11) is 1.71. The normalized spacial score (nSPS) is 18.2. The Kier molecular flexibility index (Phi) is 6.55. The topological polar surface area (TPSA) is 54.5 Å². The predicted molar refractivity (Wildman–Crippen MR) is 100 cm³/mol. The second-order valence-corrected chi connectivity index (χ2v) is 7.29. The summed E-state index contributed by atoms with van der Waals surface area (Å²) in [5.74, 6) is 0.206. The number of benzene rings is 1. The van der Waals surface area contributed by atoms with Crippen molar-refractivity contribution in [3.05, 3.63) is 40.7 Å². The van der Waals surface area contributed by atoms with Crippen molar-refractivity contribution < 1.29 is 9.53 Å². The van der Waals surface area contributed by atoms with E-state index in [1.807, 2.05) is 35.7 Å². The first kappa shape index (κ1) is 18.0. The molecule has 1 aromatic carbocycles. The molecule has 0 bridgehead atoms. The van der Waals surface area contributed by atoms with Crippen molar-refractivity contribution in [1.29, 1.82) is 0 Å². The van der Waals surface area contributed by atoms with Gasteiger partial charge in [0.15, 0.2) is 0 Å². The van der Waals surface area contributed by atoms with Crippen molar-refractivity contribution in [3.8, 4) is 11.3 Å². The van der Waals surface area contributed by atoms with Crippen molar-refractivity contribution in [2.24, 2.45) is 5.92 Å². The number of aromatic nitrogens is 1. The first-order valence-electron chi connectivity index (χ1n) is 8.75. The number of methoxy groups -OCH3 is 1. The van der Waals surface area contributed by atoms with Crippen LogP contribution >= 0.6 is 11.3 Å². The average Bonchev–Trinajstić information content (AvgIpc) is 3.14. The molecule has 134 valence electrons. The highest BCUT2D eigenvalue weighted by atomic mass is 32.1. The summed E-state index contributed by atoms with van der Waals surface area (Å²) in [6.07, 6.45) is 2.03. The smallest absolute Gasteiger partial charge is 0.224 e. The monoisotopic (exact) mass is 359 g/mol. The summed E-state index contributed by atoms with van der Waals surface area (Å²) >= 11 is 1.59. The van der Waals surface area contributed by atoms with Gasteiger partial charge >= 0.3 is 0 Å². The first-order valence-corrected chi connectivity index (χ1v) is 9.63. The second-order valence-electron chi connectivity index (χ2n) is 6.34. The Balaban J connectivity index is 1.50. The lowest BCUT2D eigenvalue weighted by atomic mass is 9.97. The molecule has 2 aromatic rings. The fourth-order valence-electron chi connectivity index (χ4n) is 3.13. The van der Waals surface area contributed by atoms with Crippen LogP contribution in [0.25, 0.3) is 11.3 Å². The molecule has 1 N–H and O–H groups in total. The van der Waals surface area contributed by atoms with Crippen molar-refractivity contribution in [1.82, 2.24) is 15.2 Å². The Morgan fingerprint density at radius 3 is 3.04 bits per heavy atom. The lowest BCUT2D eigenvalue weighted by molar-refractivity contribution is -0.126. The van der Waals surface area contributed by atoms with Crippen LogP contribution in [0.5, 0.6) is 0 Å². The van der Waals surface area contributed by atoms with Gasteiger partial charge in [0, 0.05) is 31.1 Å². The van der Waals surface area contributed by atoms with Crippen LogP contribution in [0.15, 0.2) is 35.7 Å². The number of nitrogens with one attached hydrogen (secondary N) is 1. The Morgan fingerprint density at radius 2 is 2.24 bits per heavy atom. The Labute approximate surface area is 153 Å². The summed E-state index contributed by atoms with van der Waals surface area (Å²) < 4.78 is 5.14. The molecule has 1 aliphatic heterocycles. The third-order valence-electron chi connectivity index (χ3n) is 4.52. The maximum Gasteiger partial charge on any atom is 0.224 e. The van der Waals surface area contributed by atoms with Crippen molar-refractivity contribution in [3.63, 3.8) is 0 Å². The number of hydrogen-bond donors (Lipinski definition) is 1. The number of carbonyl (C=O) groups is 1. The van der Waals surface area contributed by atoms with E-state index in [4.69, 9.17) is 4.74 Å². The quantitative estimate of drug-likeness (QED) is 0.826. The Hall–Kier alpha value is -1.76. The van der Waals surface area contributed by atoms with Gasteiger partial charge in [0.2, 0.25) is 5.91 Å². The first-order chi connectivity index (χ1) is 12.3. The number of ether oxygens (including phenoxy) is 1. The molecule has 25 heavy (non-hydrogen) atoms. The van der Waals surface area contributed by atoms with Gasteiger partial charge in [-0.3, -0.25) is 4.79 Å². The SMILES string of the molecule is COCCN1CCCC(C(=O)NCc2nc(-c3ccccc3)cs2)C1. The zero-order valence-corrected chi connectivity index (χ0v) is 15.4. The van der Waals surface area contributed by atoms with E-state index in [0.29, 0.717) is 6.54 Å². The van der Waals surface area contributed by atoms with Crippen LogP contribution in [0.2, 0.25) is 0 Å². The van der Waals surface area contributed by atoms with Gasteiger partial charge < -0.3 is 15.0 Å². The van der Waals surface area contributed by atoms with Crippen molar-refractivity contribution in [2.75, 3.05) is 33.4 Å². The van der Waals surface area contributed by atoms with Crippen LogP contribution in [0.3, 0.4) is 0 Å². The number of nitrogens with zero attached hydrogens (tertiary/aromatic N) is 2. The molecule has 1 aliphatic rings. The van der Waals surface area contributed by atoms with E-state index in [0.717, 1.165) is 55.3 Å². The molecule has 3 rings (SSSR count). The van der Waals surface area contributed by atoms with Crippen LogP contribution in [0.1, 0.15) is 17.8 Å². The summed E-state index contributed by atoms with van der Waals surface area (Å²) in [6.45, 7) is 4.00. The van der Waals surface area contributed by atoms with E-state index in [-0.39, 0.29) is 11.8 Å². The van der Waals surface area contributed by atoms with Gasteiger partial charge in [-0.05, 0) is 19.4 Å². The van der Waals surface area contributed by atoms with Crippen LogP contribution in [0, 0.1) is 5.92 Å². The zero-order chi connectivity index (χ0) is 17.5. The van der Waals surface area contributed by atoms with E-state index in [1.165, 1.54) is 0 Å². The van der Waals surface area contributed by atoms with Crippen LogP contribution < -0.4 is 5.32 Å². The number of carbonyl (C=O) groups excluding carboxylic acids is 1. The fourth-order valence-corrected chi connectivity index (χ4v) is 3.88. The second kappa shape index (κ2) is 9.08. The summed E-state index contributed by atoms with van der Waals surface area (Å²) in [6, 6.07) is 10.1. The lowest BCUT2D eigenvalue weighted by Gasteiger charge is -2.31. The molecule has 1 atom stereocenters. The number of hydrogen-bond acceptors (Lipinski definition) is 5. The highest BCUT2D eigenvalue weighted by molar-refractivity contribution is 7.09. The summed E-state index contributed by atoms with van der Waals surface area (Å²) in [4.78, 5) is 19.4. The molecule has 1 fully saturated rings. The molecule has 0 aliphatic carbocycles. The highest BCUT2D eigenvalue weighted by Crippen LogP contribution is 2.22. The van der Waals surface area contributed by atoms with E-state index in [9.17, 15) is 4.79 Å². The van der Waals surface area contributed by atoms with Gasteiger partial charge in [-0.15, -0.1) is 11.3 Å². The molecule has 0 radical (unpaired) electrons. The van der Waals surface area contributed by atoms with Gasteiger partial charge in [0.1, 0.15) is 5.01 Å². The molecule has 2 heterocycles. The molecule has 1 unspecified atom stereocenters. The van der Waals surface area contributed by atoms with Gasteiger partial charge in [-0.25, -0.2) is 4.98 Å². The highest BCUT2D eigenvalue weighted by Gasteiger charge is 2.25. The molecule has 0 saturated carbocycles. The van der Waals surface area contributed by atoms with E-state index < -0.39 is 0 Å². The van der Waals surface area contributed by atoms with Gasteiger partial charge in [0.25, 0.3) is 0 Å². The van der Waals surface area contributed by atoms with E-state index >= 15 is 0 Å². The maximum atomic E-state index is 12.5. The average molecular weight is 359 g/mol. The molecular formula is C19H25N3O2S. The van der Waals surface area contributed by atoms with Crippen LogP contribution in [-0.4, -0.2) is 49.1 Å². The standard InChI is InChI=1S/C19H25N3O2S/c1-24-11-10-22-9-5-8-16(13-22)19(23)20-12-18-21-17(14-25-18)15-6-3-2-4-7-15/h2-4,6-7,14,16H,5,8-13H2,1H3,(H,20,23). The molecule has 1 amide bonds. The number of piperidine rings is 1. The Bertz CT molecular complexity index is 674. The minimum absolute atomic E-state index is 0.0687. The third kappa shape index (κ3) is 5.11. The minimum atomic E-state index is 0.0687. The van der Waals surface area contributed by atoms with Crippen molar-refractivity contribution in [2.45, 2.75) is 19.4 Å². The summed E-state index contributed by atoms with van der Waals surface area (Å²) in [5, 5.41) is 6.05. The van der Waals surface area contributed by atoms with E-state index in [1.54, 1.807) is 18.4 Å². The molecule has 1 aromatic heterocycles. The zero-order valence-electron chi connectivity index (χ0n) is 14.6. The number of amides is 1. The number of likely N-dealkylation sites (tertiary alicyclic amines) is 1. The van der Waals surface area contributed by atoms with Gasteiger partial charge in [-0.1, -0.05) is 30.3 Å². The number of thiazole rings is 1. The fraction of sp³-hybridized carbons (Fsp3) is 0.474. The number of rotatable bonds is 7. The van der Waals surface area contributed by atoms with Crippen LogP contribution in [0.4, 0.5) is 0 Å². The van der Waals surface area contributed by atoms with E-state index in [2.05, 4.69) is 15.2 Å². The van der Waals surface area contributed by atoms with Crippen molar-refractivity contribution >= 4 is 17.2 Å². The molecular weight excluding hydrogens is 334 g/mol. The largest absolute Gasteiger partial charge is 0.383 e. The predicted octanol–water partition coefficient (Wildman–Crippen LogP) is 2.78.